The molecule has 0 saturated heterocycles. The van der Waals surface area contributed by atoms with Gasteiger partial charge in [0, 0.05) is 33.2 Å². The molecular weight excluding hydrogens is 354 g/mol. The summed E-state index contributed by atoms with van der Waals surface area (Å²) >= 11 is 0. The van der Waals surface area contributed by atoms with Gasteiger partial charge in [0.2, 0.25) is 0 Å². The molecule has 1 aromatic carbocycles. The quantitative estimate of drug-likeness (QED) is 0.602. The number of carbonyl (C=O) groups excluding carboxylic acids is 1. The maximum atomic E-state index is 12.6. The third-order valence-corrected chi connectivity index (χ3v) is 5.44. The molecule has 0 saturated carbocycles. The van der Waals surface area contributed by atoms with E-state index in [1.165, 1.54) is 18.5 Å². The Morgan fingerprint density at radius 1 is 1.17 bits per heavy atom. The SMILES string of the molecule is COC(=O)CCN(C)S(=O)(=O)N(CCN)CCc1ccccc1.Cl. The van der Waals surface area contributed by atoms with Crippen LogP contribution in [-0.2, 0) is 26.2 Å². The third-order valence-electron chi connectivity index (χ3n) is 3.45. The van der Waals surface area contributed by atoms with Crippen molar-refractivity contribution in [3.63, 3.8) is 0 Å². The second-order valence-electron chi connectivity index (χ2n) is 5.08. The van der Waals surface area contributed by atoms with E-state index in [2.05, 4.69) is 4.74 Å². The number of nitrogens with zero attached hydrogens (tertiary/aromatic N) is 2. The van der Waals surface area contributed by atoms with Crippen molar-refractivity contribution >= 4 is 28.6 Å². The van der Waals surface area contributed by atoms with Crippen LogP contribution in [0.1, 0.15) is 12.0 Å². The molecule has 0 aromatic heterocycles. The number of hydrogen-bond acceptors (Lipinski definition) is 5. The van der Waals surface area contributed by atoms with E-state index in [9.17, 15) is 13.2 Å². The van der Waals surface area contributed by atoms with Crippen molar-refractivity contribution in [3.8, 4) is 0 Å². The van der Waals surface area contributed by atoms with E-state index in [0.29, 0.717) is 13.0 Å². The first-order valence-corrected chi connectivity index (χ1v) is 8.83. The lowest BCUT2D eigenvalue weighted by Crippen LogP contribution is -2.45. The van der Waals surface area contributed by atoms with Crippen molar-refractivity contribution in [1.82, 2.24) is 8.61 Å². The topological polar surface area (TPSA) is 92.9 Å². The fourth-order valence-electron chi connectivity index (χ4n) is 2.05. The molecule has 0 aliphatic rings. The smallest absolute Gasteiger partial charge is 0.306 e. The standard InChI is InChI=1S/C15H25N3O4S.ClH/c1-17(11-9-15(19)22-2)23(20,21)18(13-10-16)12-8-14-6-4-3-5-7-14;/h3-7H,8-13,16H2,1-2H3;1H. The van der Waals surface area contributed by atoms with Gasteiger partial charge in [-0.2, -0.15) is 17.0 Å². The third kappa shape index (κ3) is 7.14. The van der Waals surface area contributed by atoms with Crippen LogP contribution in [0.3, 0.4) is 0 Å². The second kappa shape index (κ2) is 11.4. The van der Waals surface area contributed by atoms with Gasteiger partial charge in [-0.15, -0.1) is 12.4 Å². The average molecular weight is 380 g/mol. The minimum absolute atomic E-state index is 0. The van der Waals surface area contributed by atoms with Gasteiger partial charge in [-0.05, 0) is 12.0 Å². The zero-order chi connectivity index (χ0) is 17.3. The normalized spacial score (nSPS) is 11.4. The van der Waals surface area contributed by atoms with E-state index < -0.39 is 16.2 Å². The molecule has 2 N–H and O–H groups in total. The molecule has 0 heterocycles. The summed E-state index contributed by atoms with van der Waals surface area (Å²) < 4.78 is 32.2. The number of rotatable bonds is 10. The Bertz CT molecular complexity index is 584. The molecule has 0 atom stereocenters. The number of ether oxygens (including phenoxy) is 1. The van der Waals surface area contributed by atoms with Gasteiger partial charge in [-0.1, -0.05) is 30.3 Å². The summed E-state index contributed by atoms with van der Waals surface area (Å²) in [6, 6.07) is 9.65. The average Bonchev–Trinajstić information content (AvgIpc) is 2.56. The Labute approximate surface area is 150 Å². The van der Waals surface area contributed by atoms with E-state index in [4.69, 9.17) is 5.73 Å². The number of hydrogen-bond donors (Lipinski definition) is 1. The summed E-state index contributed by atoms with van der Waals surface area (Å²) in [5.74, 6) is -0.443. The Kier molecular flexibility index (Phi) is 10.8. The van der Waals surface area contributed by atoms with Crippen LogP contribution in [-0.4, -0.2) is 63.3 Å². The number of nitrogens with two attached hydrogens (primary N) is 1. The summed E-state index contributed by atoms with van der Waals surface area (Å²) in [4.78, 5) is 11.2. The van der Waals surface area contributed by atoms with Crippen LogP contribution in [0.2, 0.25) is 0 Å². The summed E-state index contributed by atoms with van der Waals surface area (Å²) in [5.41, 5.74) is 6.60. The zero-order valence-corrected chi connectivity index (χ0v) is 15.7. The van der Waals surface area contributed by atoms with Crippen LogP contribution in [0.25, 0.3) is 0 Å². The molecule has 1 aromatic rings. The van der Waals surface area contributed by atoms with Crippen LogP contribution in [0.15, 0.2) is 30.3 Å². The Hall–Kier alpha value is -1.19. The molecular formula is C15H26ClN3O4S. The van der Waals surface area contributed by atoms with Crippen molar-refractivity contribution in [2.75, 3.05) is 40.3 Å². The molecule has 9 heteroatoms. The summed E-state index contributed by atoms with van der Waals surface area (Å²) in [6.45, 7) is 0.879. The summed E-state index contributed by atoms with van der Waals surface area (Å²) in [7, 11) is -0.934. The Morgan fingerprint density at radius 2 is 1.79 bits per heavy atom. The molecule has 0 fully saturated rings. The van der Waals surface area contributed by atoms with E-state index in [1.807, 2.05) is 30.3 Å². The van der Waals surface area contributed by atoms with Crippen LogP contribution < -0.4 is 5.73 Å². The molecule has 1 rings (SSSR count). The van der Waals surface area contributed by atoms with E-state index in [1.54, 1.807) is 0 Å². The maximum absolute atomic E-state index is 12.6. The molecule has 0 unspecified atom stereocenters. The lowest BCUT2D eigenvalue weighted by molar-refractivity contribution is -0.140. The van der Waals surface area contributed by atoms with Gasteiger partial charge < -0.3 is 10.5 Å². The van der Waals surface area contributed by atoms with E-state index in [-0.39, 0.29) is 38.5 Å². The number of halogens is 1. The molecule has 24 heavy (non-hydrogen) atoms. The number of benzene rings is 1. The van der Waals surface area contributed by atoms with Crippen molar-refractivity contribution in [3.05, 3.63) is 35.9 Å². The minimum Gasteiger partial charge on any atom is -0.469 e. The predicted molar refractivity (Wildman–Crippen MR) is 96.2 cm³/mol. The van der Waals surface area contributed by atoms with Crippen LogP contribution >= 0.6 is 12.4 Å². The second-order valence-corrected chi connectivity index (χ2v) is 7.11. The highest BCUT2D eigenvalue weighted by Gasteiger charge is 2.26. The highest BCUT2D eigenvalue weighted by molar-refractivity contribution is 7.86. The monoisotopic (exact) mass is 379 g/mol. The largest absolute Gasteiger partial charge is 0.469 e. The summed E-state index contributed by atoms with van der Waals surface area (Å²) in [6.07, 6.45) is 0.617. The van der Waals surface area contributed by atoms with Gasteiger partial charge in [-0.25, -0.2) is 0 Å². The molecule has 0 spiro atoms. The molecule has 7 nitrogen and oxygen atoms in total. The van der Waals surface area contributed by atoms with Crippen LogP contribution in [0, 0.1) is 0 Å². The van der Waals surface area contributed by atoms with Crippen molar-refractivity contribution in [2.24, 2.45) is 5.73 Å². The lowest BCUT2D eigenvalue weighted by Gasteiger charge is -2.27. The van der Waals surface area contributed by atoms with Crippen molar-refractivity contribution in [2.45, 2.75) is 12.8 Å². The Morgan fingerprint density at radius 3 is 2.33 bits per heavy atom. The molecule has 0 aliphatic heterocycles. The van der Waals surface area contributed by atoms with Gasteiger partial charge in [0.25, 0.3) is 10.2 Å². The van der Waals surface area contributed by atoms with Gasteiger partial charge in [-0.3, -0.25) is 4.79 Å². The van der Waals surface area contributed by atoms with Crippen LogP contribution in [0.4, 0.5) is 0 Å². The Balaban J connectivity index is 0.00000529. The lowest BCUT2D eigenvalue weighted by atomic mass is 10.1. The van der Waals surface area contributed by atoms with Crippen molar-refractivity contribution in [1.29, 1.82) is 0 Å². The molecule has 0 amide bonds. The van der Waals surface area contributed by atoms with Gasteiger partial charge in [0.15, 0.2) is 0 Å². The molecule has 0 aliphatic carbocycles. The van der Waals surface area contributed by atoms with Gasteiger partial charge in [0.05, 0.1) is 13.5 Å². The fraction of sp³-hybridized carbons (Fsp3) is 0.533. The maximum Gasteiger partial charge on any atom is 0.306 e. The first kappa shape index (κ1) is 22.8. The molecule has 138 valence electrons. The number of methoxy groups -OCH3 is 1. The van der Waals surface area contributed by atoms with Gasteiger partial charge >= 0.3 is 5.97 Å². The predicted octanol–water partition coefficient (Wildman–Crippen LogP) is 0.651. The van der Waals surface area contributed by atoms with Crippen molar-refractivity contribution < 1.29 is 17.9 Å². The first-order chi connectivity index (χ1) is 10.9. The fourth-order valence-corrected chi connectivity index (χ4v) is 3.42. The molecule has 0 bridgehead atoms. The summed E-state index contributed by atoms with van der Waals surface area (Å²) in [5, 5.41) is 0. The number of esters is 1. The highest BCUT2D eigenvalue weighted by Crippen LogP contribution is 2.09. The highest BCUT2D eigenvalue weighted by atomic mass is 35.5. The van der Waals surface area contributed by atoms with Gasteiger partial charge in [0.1, 0.15) is 0 Å². The van der Waals surface area contributed by atoms with Crippen LogP contribution in [0.5, 0.6) is 0 Å². The molecule has 0 radical (unpaired) electrons. The minimum atomic E-state index is -3.66. The first-order valence-electron chi connectivity index (χ1n) is 7.44. The number of carbonyl (C=O) groups is 1. The van der Waals surface area contributed by atoms with E-state index in [0.717, 1.165) is 9.87 Å². The van der Waals surface area contributed by atoms with E-state index >= 15 is 0 Å². The zero-order valence-electron chi connectivity index (χ0n) is 14.1.